The van der Waals surface area contributed by atoms with Crippen molar-refractivity contribution in [2.45, 2.75) is 0 Å². The summed E-state index contributed by atoms with van der Waals surface area (Å²) in [7, 11) is 0. The molecule has 0 radical (unpaired) electrons. The molecule has 0 aliphatic heterocycles. The molecule has 0 aliphatic carbocycles. The molecule has 38 heavy (non-hydrogen) atoms. The number of rotatable bonds is 3. The molecule has 178 valence electrons. The van der Waals surface area contributed by atoms with Crippen LogP contribution in [0.4, 0.5) is 0 Å². The smallest absolute Gasteiger partial charge is 0.0433 e. The van der Waals surface area contributed by atoms with E-state index in [9.17, 15) is 0 Å². The zero-order valence-corrected chi connectivity index (χ0v) is 22.2. The van der Waals surface area contributed by atoms with Gasteiger partial charge < -0.3 is 0 Å². The van der Waals surface area contributed by atoms with Crippen molar-refractivity contribution in [3.05, 3.63) is 133 Å². The highest BCUT2D eigenvalue weighted by molar-refractivity contribution is 7.26. The summed E-state index contributed by atoms with van der Waals surface area (Å²) in [5.41, 5.74) is 7.61. The molecule has 0 saturated heterocycles. The van der Waals surface area contributed by atoms with E-state index in [1.165, 1.54) is 73.7 Å². The first-order valence-corrected chi connectivity index (χ1v) is 14.5. The minimum atomic E-state index is 1.24. The highest BCUT2D eigenvalue weighted by atomic mass is 32.1. The lowest BCUT2D eigenvalue weighted by Crippen LogP contribution is -1.84. The van der Waals surface area contributed by atoms with Gasteiger partial charge in [0.05, 0.1) is 0 Å². The summed E-state index contributed by atoms with van der Waals surface area (Å²) in [5, 5.41) is 5.36. The van der Waals surface area contributed by atoms with Crippen LogP contribution in [0.5, 0.6) is 0 Å². The average molecular weight is 519 g/mol. The Kier molecular flexibility index (Phi) is 4.97. The van der Waals surface area contributed by atoms with Crippen molar-refractivity contribution in [3.8, 4) is 33.4 Å². The fraction of sp³-hybridized carbons (Fsp3) is 0. The molecule has 0 saturated carbocycles. The van der Waals surface area contributed by atoms with Gasteiger partial charge in [-0.25, -0.2) is 0 Å². The molecule has 0 nitrogen and oxygen atoms in total. The van der Waals surface area contributed by atoms with E-state index >= 15 is 0 Å². The van der Waals surface area contributed by atoms with Gasteiger partial charge in [0.25, 0.3) is 0 Å². The first-order valence-electron chi connectivity index (χ1n) is 12.9. The number of hydrogen-bond acceptors (Lipinski definition) is 2. The fourth-order valence-electron chi connectivity index (χ4n) is 5.68. The maximum atomic E-state index is 2.35. The molecule has 0 aliphatic rings. The Labute approximate surface area is 229 Å². The van der Waals surface area contributed by atoms with Gasteiger partial charge in [-0.1, -0.05) is 109 Å². The van der Waals surface area contributed by atoms with Crippen LogP contribution in [0.2, 0.25) is 0 Å². The van der Waals surface area contributed by atoms with Crippen LogP contribution in [0, 0.1) is 0 Å². The van der Waals surface area contributed by atoms with Crippen molar-refractivity contribution in [2.75, 3.05) is 0 Å². The van der Waals surface area contributed by atoms with Gasteiger partial charge >= 0.3 is 0 Å². The van der Waals surface area contributed by atoms with E-state index < -0.39 is 0 Å². The molecule has 0 atom stereocenters. The van der Waals surface area contributed by atoms with Gasteiger partial charge in [-0.2, -0.15) is 0 Å². The van der Waals surface area contributed by atoms with E-state index in [1.807, 2.05) is 22.7 Å². The zero-order chi connectivity index (χ0) is 25.1. The molecule has 2 heteroatoms. The van der Waals surface area contributed by atoms with Crippen molar-refractivity contribution in [2.24, 2.45) is 0 Å². The first-order chi connectivity index (χ1) is 18.8. The van der Waals surface area contributed by atoms with Crippen LogP contribution in [0.1, 0.15) is 0 Å². The van der Waals surface area contributed by atoms with E-state index in [-0.39, 0.29) is 0 Å². The lowest BCUT2D eigenvalue weighted by Gasteiger charge is -2.10. The Morgan fingerprint density at radius 2 is 0.711 bits per heavy atom. The highest BCUT2D eigenvalue weighted by Crippen LogP contribution is 2.42. The van der Waals surface area contributed by atoms with Crippen LogP contribution in [0.15, 0.2) is 133 Å². The largest absolute Gasteiger partial charge is 0.135 e. The van der Waals surface area contributed by atoms with E-state index in [4.69, 9.17) is 0 Å². The second-order valence-corrected chi connectivity index (χ2v) is 11.8. The fourth-order valence-corrected chi connectivity index (χ4v) is 8.16. The molecule has 8 aromatic rings. The first kappa shape index (κ1) is 21.8. The van der Waals surface area contributed by atoms with Crippen molar-refractivity contribution in [3.63, 3.8) is 0 Å². The zero-order valence-electron chi connectivity index (χ0n) is 20.5. The van der Waals surface area contributed by atoms with Gasteiger partial charge in [0.2, 0.25) is 0 Å². The van der Waals surface area contributed by atoms with Crippen LogP contribution >= 0.6 is 22.7 Å². The Balaban J connectivity index is 1.25. The van der Waals surface area contributed by atoms with E-state index in [2.05, 4.69) is 133 Å². The van der Waals surface area contributed by atoms with Gasteiger partial charge in [0.1, 0.15) is 0 Å². The van der Waals surface area contributed by atoms with Crippen LogP contribution in [0.3, 0.4) is 0 Å². The highest BCUT2D eigenvalue weighted by Gasteiger charge is 2.13. The summed E-state index contributed by atoms with van der Waals surface area (Å²) in [6.07, 6.45) is 0. The Bertz CT molecular complexity index is 1990. The SMILES string of the molecule is c1cc(-c2cccc(-c3cccc4c3sc3ccccc34)c2)cc(-c2cccc3c2sc2ccccc23)c1. The third kappa shape index (κ3) is 3.42. The summed E-state index contributed by atoms with van der Waals surface area (Å²) in [6.45, 7) is 0. The average Bonchev–Trinajstić information content (AvgIpc) is 3.56. The number of hydrogen-bond donors (Lipinski definition) is 0. The Morgan fingerprint density at radius 3 is 1.21 bits per heavy atom. The van der Waals surface area contributed by atoms with Crippen LogP contribution < -0.4 is 0 Å². The third-order valence-corrected chi connectivity index (χ3v) is 9.93. The second-order valence-electron chi connectivity index (χ2n) is 9.72. The van der Waals surface area contributed by atoms with Crippen molar-refractivity contribution in [1.82, 2.24) is 0 Å². The van der Waals surface area contributed by atoms with E-state index in [0.29, 0.717) is 0 Å². The lowest BCUT2D eigenvalue weighted by atomic mass is 9.95. The molecule has 0 N–H and O–H groups in total. The third-order valence-electron chi connectivity index (χ3n) is 7.49. The summed E-state index contributed by atoms with van der Waals surface area (Å²) >= 11 is 3.78. The molecular weight excluding hydrogens is 497 g/mol. The van der Waals surface area contributed by atoms with Crippen LogP contribution in [-0.4, -0.2) is 0 Å². The minimum absolute atomic E-state index is 1.24. The lowest BCUT2D eigenvalue weighted by molar-refractivity contribution is 1.60. The van der Waals surface area contributed by atoms with Gasteiger partial charge in [0.15, 0.2) is 0 Å². The normalized spacial score (nSPS) is 11.7. The number of benzene rings is 6. The summed E-state index contributed by atoms with van der Waals surface area (Å²) in [6, 6.07) is 48.9. The number of thiophene rings is 2. The minimum Gasteiger partial charge on any atom is -0.135 e. The summed E-state index contributed by atoms with van der Waals surface area (Å²) in [4.78, 5) is 0. The van der Waals surface area contributed by atoms with Gasteiger partial charge in [-0.05, 0) is 57.6 Å². The maximum absolute atomic E-state index is 2.35. The van der Waals surface area contributed by atoms with Crippen LogP contribution in [0.25, 0.3) is 73.7 Å². The Morgan fingerprint density at radius 1 is 0.316 bits per heavy atom. The molecule has 8 rings (SSSR count). The predicted molar refractivity (Wildman–Crippen MR) is 169 cm³/mol. The maximum Gasteiger partial charge on any atom is 0.0433 e. The molecule has 2 heterocycles. The molecule has 0 spiro atoms. The van der Waals surface area contributed by atoms with Crippen molar-refractivity contribution >= 4 is 63.0 Å². The summed E-state index contributed by atoms with van der Waals surface area (Å²) in [5.74, 6) is 0. The van der Waals surface area contributed by atoms with E-state index in [0.717, 1.165) is 0 Å². The standard InChI is InChI=1S/C36H22S2/c1-3-19-33-29(13-1)31-17-7-15-27(35(31)37-33)25-11-5-9-23(21-25)24-10-6-12-26(22-24)28-16-8-18-32-30-14-2-4-20-34(30)38-36(28)32/h1-22H. The van der Waals surface area contributed by atoms with Crippen molar-refractivity contribution in [1.29, 1.82) is 0 Å². The Hall–Kier alpha value is -4.24. The molecule has 0 unspecified atom stereocenters. The molecule has 6 aromatic carbocycles. The van der Waals surface area contributed by atoms with Crippen LogP contribution in [-0.2, 0) is 0 Å². The monoisotopic (exact) mass is 518 g/mol. The van der Waals surface area contributed by atoms with Crippen molar-refractivity contribution < 1.29 is 0 Å². The summed E-state index contributed by atoms with van der Waals surface area (Å²) < 4.78 is 5.40. The topological polar surface area (TPSA) is 0 Å². The van der Waals surface area contributed by atoms with Gasteiger partial charge in [-0.15, -0.1) is 22.7 Å². The van der Waals surface area contributed by atoms with E-state index in [1.54, 1.807) is 0 Å². The second kappa shape index (κ2) is 8.66. The van der Waals surface area contributed by atoms with Gasteiger partial charge in [-0.3, -0.25) is 0 Å². The molecule has 0 amide bonds. The molecule has 0 fully saturated rings. The molecule has 2 aromatic heterocycles. The predicted octanol–water partition coefficient (Wildman–Crippen LogP) is 11.4. The van der Waals surface area contributed by atoms with Gasteiger partial charge in [0, 0.05) is 40.3 Å². The molecular formula is C36H22S2. The number of fused-ring (bicyclic) bond motifs is 6. The molecule has 0 bridgehead atoms. The quantitative estimate of drug-likeness (QED) is 0.218.